The van der Waals surface area contributed by atoms with E-state index in [4.69, 9.17) is 17.0 Å². The molecule has 0 aliphatic carbocycles. The molecule has 0 fully saturated rings. The van der Waals surface area contributed by atoms with Crippen LogP contribution in [-0.2, 0) is 12.4 Å². The number of halogens is 6. The van der Waals surface area contributed by atoms with Crippen LogP contribution >= 0.6 is 12.2 Å². The van der Waals surface area contributed by atoms with Gasteiger partial charge in [0.15, 0.2) is 5.11 Å². The molecule has 0 aliphatic heterocycles. The van der Waals surface area contributed by atoms with Gasteiger partial charge in [-0.05, 0) is 42.5 Å². The van der Waals surface area contributed by atoms with Gasteiger partial charge >= 0.3 is 12.4 Å². The molecule has 2 aromatic rings. The minimum Gasteiger partial charge on any atom is -0.497 e. The zero-order valence-corrected chi connectivity index (χ0v) is 13.9. The predicted octanol–water partition coefficient (Wildman–Crippen LogP) is 5.54. The molecule has 0 bridgehead atoms. The molecule has 0 saturated carbocycles. The zero-order chi connectivity index (χ0) is 19.5. The number of hydrogen-bond acceptors (Lipinski definition) is 2. The monoisotopic (exact) mass is 394 g/mol. The van der Waals surface area contributed by atoms with E-state index in [9.17, 15) is 26.3 Å². The third-order valence-electron chi connectivity index (χ3n) is 3.17. The fraction of sp³-hybridized carbons (Fsp3) is 0.188. The van der Waals surface area contributed by atoms with E-state index in [0.717, 1.165) is 0 Å². The van der Waals surface area contributed by atoms with E-state index in [1.807, 2.05) is 0 Å². The molecule has 0 saturated heterocycles. The van der Waals surface area contributed by atoms with Gasteiger partial charge in [-0.15, -0.1) is 0 Å². The van der Waals surface area contributed by atoms with Gasteiger partial charge in [0, 0.05) is 17.4 Å². The van der Waals surface area contributed by atoms with Crippen LogP contribution in [0.4, 0.5) is 37.7 Å². The van der Waals surface area contributed by atoms with Crippen LogP contribution in [0.25, 0.3) is 0 Å². The summed E-state index contributed by atoms with van der Waals surface area (Å²) >= 11 is 4.95. The van der Waals surface area contributed by atoms with Crippen LogP contribution in [0.2, 0.25) is 0 Å². The Labute approximate surface area is 150 Å². The normalized spacial score (nSPS) is 11.8. The van der Waals surface area contributed by atoms with Gasteiger partial charge in [0.25, 0.3) is 0 Å². The third-order valence-corrected chi connectivity index (χ3v) is 3.38. The molecule has 0 aliphatic rings. The zero-order valence-electron chi connectivity index (χ0n) is 13.1. The average molecular weight is 394 g/mol. The van der Waals surface area contributed by atoms with Crippen LogP contribution < -0.4 is 15.4 Å². The van der Waals surface area contributed by atoms with Gasteiger partial charge in [-0.2, -0.15) is 26.3 Å². The van der Waals surface area contributed by atoms with Crippen molar-refractivity contribution in [3.05, 3.63) is 53.6 Å². The highest BCUT2D eigenvalue weighted by molar-refractivity contribution is 7.80. The lowest BCUT2D eigenvalue weighted by molar-refractivity contribution is -0.143. The van der Waals surface area contributed by atoms with E-state index in [2.05, 4.69) is 10.6 Å². The Bertz CT molecular complexity index is 772. The number of rotatable bonds is 3. The number of benzene rings is 2. The van der Waals surface area contributed by atoms with Crippen LogP contribution in [-0.4, -0.2) is 12.2 Å². The van der Waals surface area contributed by atoms with Gasteiger partial charge in [-0.25, -0.2) is 0 Å². The molecule has 0 amide bonds. The molecular weight excluding hydrogens is 382 g/mol. The van der Waals surface area contributed by atoms with Gasteiger partial charge in [0.2, 0.25) is 0 Å². The number of anilines is 2. The first-order valence-corrected chi connectivity index (χ1v) is 7.41. The summed E-state index contributed by atoms with van der Waals surface area (Å²) in [4.78, 5) is 0. The molecule has 0 aromatic heterocycles. The highest BCUT2D eigenvalue weighted by Gasteiger charge is 2.37. The van der Waals surface area contributed by atoms with Crippen LogP contribution in [0.3, 0.4) is 0 Å². The predicted molar refractivity (Wildman–Crippen MR) is 89.3 cm³/mol. The summed E-state index contributed by atoms with van der Waals surface area (Å²) in [6.45, 7) is 0. The minimum atomic E-state index is -4.93. The largest absolute Gasteiger partial charge is 0.497 e. The van der Waals surface area contributed by atoms with Crippen LogP contribution in [0.5, 0.6) is 5.75 Å². The molecule has 3 nitrogen and oxygen atoms in total. The Kier molecular flexibility index (Phi) is 5.65. The minimum absolute atomic E-state index is 0.0454. The Hall–Kier alpha value is -2.49. The molecule has 0 unspecified atom stereocenters. The van der Waals surface area contributed by atoms with Crippen molar-refractivity contribution in [2.45, 2.75) is 12.4 Å². The molecule has 2 N–H and O–H groups in total. The van der Waals surface area contributed by atoms with Crippen LogP contribution in [0, 0.1) is 0 Å². The second-order valence-electron chi connectivity index (χ2n) is 5.11. The van der Waals surface area contributed by atoms with Gasteiger partial charge in [-0.3, -0.25) is 0 Å². The summed E-state index contributed by atoms with van der Waals surface area (Å²) in [7, 11) is 1.44. The SMILES string of the molecule is COc1cccc(NC(=S)Nc2cc(C(F)(F)F)cc(C(F)(F)F)c2)c1. The van der Waals surface area contributed by atoms with E-state index in [1.165, 1.54) is 7.11 Å². The summed E-state index contributed by atoms with van der Waals surface area (Å²) in [5.74, 6) is 0.497. The molecule has 0 spiro atoms. The molecule has 0 radical (unpaired) electrons. The summed E-state index contributed by atoms with van der Waals surface area (Å²) < 4.78 is 82.1. The maximum absolute atomic E-state index is 12.8. The number of hydrogen-bond donors (Lipinski definition) is 2. The summed E-state index contributed by atoms with van der Waals surface area (Å²) in [6.07, 6.45) is -9.86. The maximum atomic E-state index is 12.8. The van der Waals surface area contributed by atoms with E-state index < -0.39 is 29.2 Å². The Balaban J connectivity index is 2.25. The number of methoxy groups -OCH3 is 1. The summed E-state index contributed by atoms with van der Waals surface area (Å²) in [5.41, 5.74) is -2.85. The van der Waals surface area contributed by atoms with Gasteiger partial charge in [-0.1, -0.05) is 6.07 Å². The van der Waals surface area contributed by atoms with Crippen LogP contribution in [0.15, 0.2) is 42.5 Å². The van der Waals surface area contributed by atoms with Gasteiger partial charge < -0.3 is 15.4 Å². The fourth-order valence-corrected chi connectivity index (χ4v) is 2.26. The quantitative estimate of drug-likeness (QED) is 0.529. The highest BCUT2D eigenvalue weighted by atomic mass is 32.1. The first-order valence-electron chi connectivity index (χ1n) is 7.00. The van der Waals surface area contributed by atoms with Crippen molar-refractivity contribution in [3.8, 4) is 5.75 Å². The topological polar surface area (TPSA) is 33.3 Å². The summed E-state index contributed by atoms with van der Waals surface area (Å²) in [5, 5.41) is 4.82. The molecule has 26 heavy (non-hydrogen) atoms. The van der Waals surface area contributed by atoms with Crippen molar-refractivity contribution in [2.75, 3.05) is 17.7 Å². The lowest BCUT2D eigenvalue weighted by atomic mass is 10.1. The second kappa shape index (κ2) is 7.40. The standard InChI is InChI=1S/C16H12F6N2OS/c1-25-13-4-2-3-11(8-13)23-14(26)24-12-6-9(15(17,18)19)5-10(7-12)16(20,21)22/h2-8H,1H3,(H2,23,24,26). The van der Waals surface area contributed by atoms with E-state index >= 15 is 0 Å². The molecule has 140 valence electrons. The fourth-order valence-electron chi connectivity index (χ4n) is 2.02. The van der Waals surface area contributed by atoms with Gasteiger partial charge in [0.05, 0.1) is 18.2 Å². The maximum Gasteiger partial charge on any atom is 0.416 e. The number of ether oxygens (including phenoxy) is 1. The average Bonchev–Trinajstić information content (AvgIpc) is 2.53. The lowest BCUT2D eigenvalue weighted by Crippen LogP contribution is -2.20. The molecule has 2 rings (SSSR count). The van der Waals surface area contributed by atoms with Crippen molar-refractivity contribution >= 4 is 28.7 Å². The smallest absolute Gasteiger partial charge is 0.416 e. The second-order valence-corrected chi connectivity index (χ2v) is 5.51. The van der Waals surface area contributed by atoms with Crippen molar-refractivity contribution in [1.82, 2.24) is 0 Å². The van der Waals surface area contributed by atoms with Crippen molar-refractivity contribution < 1.29 is 31.1 Å². The molecule has 10 heteroatoms. The summed E-state index contributed by atoms with van der Waals surface area (Å²) in [6, 6.07) is 7.60. The molecular formula is C16H12F6N2OS. The first-order chi connectivity index (χ1) is 12.0. The Morgan fingerprint density at radius 2 is 1.38 bits per heavy atom. The van der Waals surface area contributed by atoms with Crippen molar-refractivity contribution in [3.63, 3.8) is 0 Å². The van der Waals surface area contributed by atoms with Crippen LogP contribution in [0.1, 0.15) is 11.1 Å². The van der Waals surface area contributed by atoms with Gasteiger partial charge in [0.1, 0.15) is 5.75 Å². The lowest BCUT2D eigenvalue weighted by Gasteiger charge is -2.16. The van der Waals surface area contributed by atoms with E-state index in [1.54, 1.807) is 24.3 Å². The number of alkyl halides is 6. The van der Waals surface area contributed by atoms with Crippen molar-refractivity contribution in [2.24, 2.45) is 0 Å². The first kappa shape index (κ1) is 19.8. The Morgan fingerprint density at radius 1 is 0.846 bits per heavy atom. The van der Waals surface area contributed by atoms with E-state index in [-0.39, 0.29) is 11.2 Å². The van der Waals surface area contributed by atoms with E-state index in [0.29, 0.717) is 23.6 Å². The third kappa shape index (κ3) is 5.25. The molecule has 2 aromatic carbocycles. The highest BCUT2D eigenvalue weighted by Crippen LogP contribution is 2.37. The number of nitrogens with one attached hydrogen (secondary N) is 2. The Morgan fingerprint density at radius 3 is 1.88 bits per heavy atom. The molecule has 0 heterocycles. The van der Waals surface area contributed by atoms with Crippen molar-refractivity contribution in [1.29, 1.82) is 0 Å². The number of thiocarbonyl (C=S) groups is 1. The molecule has 0 atom stereocenters.